The maximum atomic E-state index is 12.1. The molecule has 0 heterocycles. The second kappa shape index (κ2) is 6.41. The molecule has 1 aliphatic rings. The van der Waals surface area contributed by atoms with Crippen LogP contribution in [-0.4, -0.2) is 36.6 Å². The molecular weight excluding hydrogens is 245 g/mol. The molecule has 6 heteroatoms. The van der Waals surface area contributed by atoms with Gasteiger partial charge in [0, 0.05) is 19.5 Å². The lowest BCUT2D eigenvalue weighted by Gasteiger charge is -2.37. The van der Waals surface area contributed by atoms with Crippen molar-refractivity contribution in [3.63, 3.8) is 0 Å². The van der Waals surface area contributed by atoms with Crippen LogP contribution in [0.1, 0.15) is 38.5 Å². The summed E-state index contributed by atoms with van der Waals surface area (Å²) in [5.41, 5.74) is 5.66. The molecule has 0 radical (unpaired) electrons. The molecule has 1 fully saturated rings. The Hall–Kier alpha value is -0.780. The third-order valence-corrected chi connectivity index (χ3v) is 3.68. The largest absolute Gasteiger partial charge is 0.389 e. The highest BCUT2D eigenvalue weighted by Gasteiger charge is 2.32. The van der Waals surface area contributed by atoms with Crippen molar-refractivity contribution in [2.45, 2.75) is 50.7 Å². The Balaban J connectivity index is 2.51. The number of nitrogens with zero attached hydrogens (tertiary/aromatic N) is 1. The first-order valence-electron chi connectivity index (χ1n) is 6.37. The van der Waals surface area contributed by atoms with Gasteiger partial charge in [-0.05, 0) is 25.3 Å². The fraction of sp³-hybridized carbons (Fsp3) is 0.917. The lowest BCUT2D eigenvalue weighted by molar-refractivity contribution is -0.150. The summed E-state index contributed by atoms with van der Waals surface area (Å²) in [5.74, 6) is -0.212. The van der Waals surface area contributed by atoms with E-state index in [1.807, 2.05) is 0 Å². The maximum absolute atomic E-state index is 12.1. The number of rotatable bonds is 4. The van der Waals surface area contributed by atoms with Gasteiger partial charge in [0.25, 0.3) is 0 Å². The zero-order valence-electron chi connectivity index (χ0n) is 10.7. The van der Waals surface area contributed by atoms with Crippen molar-refractivity contribution in [1.82, 2.24) is 4.90 Å². The van der Waals surface area contributed by atoms with Crippen LogP contribution in [0.5, 0.6) is 0 Å². The number of nitrogens with two attached hydrogens (primary N) is 1. The van der Waals surface area contributed by atoms with Crippen LogP contribution in [-0.2, 0) is 4.79 Å². The lowest BCUT2D eigenvalue weighted by atomic mass is 9.83. The molecule has 0 aromatic heterocycles. The SMILES string of the molecule is CN(C(=O)CCC(F)(F)F)C1CCCCC1CN. The highest BCUT2D eigenvalue weighted by Crippen LogP contribution is 2.28. The molecule has 3 nitrogen and oxygen atoms in total. The molecule has 0 aliphatic heterocycles. The van der Waals surface area contributed by atoms with Gasteiger partial charge < -0.3 is 10.6 Å². The van der Waals surface area contributed by atoms with E-state index in [2.05, 4.69) is 0 Å². The van der Waals surface area contributed by atoms with E-state index in [4.69, 9.17) is 5.73 Å². The second-order valence-corrected chi connectivity index (χ2v) is 4.97. The van der Waals surface area contributed by atoms with E-state index < -0.39 is 24.9 Å². The molecule has 1 amide bonds. The van der Waals surface area contributed by atoms with E-state index in [9.17, 15) is 18.0 Å². The Morgan fingerprint density at radius 3 is 2.50 bits per heavy atom. The summed E-state index contributed by atoms with van der Waals surface area (Å²) in [4.78, 5) is 13.2. The predicted octanol–water partition coefficient (Wildman–Crippen LogP) is 2.30. The molecule has 2 unspecified atom stereocenters. The average molecular weight is 266 g/mol. The molecule has 0 aromatic rings. The van der Waals surface area contributed by atoms with Crippen LogP contribution in [0.15, 0.2) is 0 Å². The van der Waals surface area contributed by atoms with Crippen molar-refractivity contribution >= 4 is 5.91 Å². The third-order valence-electron chi connectivity index (χ3n) is 3.68. The van der Waals surface area contributed by atoms with Gasteiger partial charge in [0.15, 0.2) is 0 Å². The molecule has 1 rings (SSSR count). The van der Waals surface area contributed by atoms with Crippen LogP contribution in [0, 0.1) is 5.92 Å². The first-order chi connectivity index (χ1) is 8.35. The molecule has 0 spiro atoms. The van der Waals surface area contributed by atoms with Crippen LogP contribution in [0.25, 0.3) is 0 Å². The summed E-state index contributed by atoms with van der Waals surface area (Å²) in [5, 5.41) is 0. The lowest BCUT2D eigenvalue weighted by Crippen LogP contribution is -2.46. The number of hydrogen-bond donors (Lipinski definition) is 1. The van der Waals surface area contributed by atoms with E-state index in [1.165, 1.54) is 4.90 Å². The first-order valence-corrected chi connectivity index (χ1v) is 6.37. The summed E-state index contributed by atoms with van der Waals surface area (Å²) in [6.45, 7) is 0.488. The smallest absolute Gasteiger partial charge is 0.342 e. The number of amides is 1. The Morgan fingerprint density at radius 1 is 1.33 bits per heavy atom. The predicted molar refractivity (Wildman–Crippen MR) is 62.9 cm³/mol. The zero-order chi connectivity index (χ0) is 13.8. The van der Waals surface area contributed by atoms with Crippen LogP contribution >= 0.6 is 0 Å². The number of carbonyl (C=O) groups excluding carboxylic acids is 1. The fourth-order valence-corrected chi connectivity index (χ4v) is 2.58. The first kappa shape index (κ1) is 15.3. The van der Waals surface area contributed by atoms with Crippen LogP contribution in [0.3, 0.4) is 0 Å². The molecule has 0 saturated heterocycles. The van der Waals surface area contributed by atoms with Crippen molar-refractivity contribution in [2.75, 3.05) is 13.6 Å². The van der Waals surface area contributed by atoms with Gasteiger partial charge in [-0.3, -0.25) is 4.79 Å². The molecule has 18 heavy (non-hydrogen) atoms. The summed E-state index contributed by atoms with van der Waals surface area (Å²) >= 11 is 0. The highest BCUT2D eigenvalue weighted by atomic mass is 19.4. The van der Waals surface area contributed by atoms with E-state index in [0.29, 0.717) is 6.54 Å². The van der Waals surface area contributed by atoms with Gasteiger partial charge in [-0.15, -0.1) is 0 Å². The van der Waals surface area contributed by atoms with E-state index in [1.54, 1.807) is 7.05 Å². The van der Waals surface area contributed by atoms with Gasteiger partial charge in [-0.2, -0.15) is 13.2 Å². The van der Waals surface area contributed by atoms with E-state index in [0.717, 1.165) is 25.7 Å². The van der Waals surface area contributed by atoms with E-state index >= 15 is 0 Å². The summed E-state index contributed by atoms with van der Waals surface area (Å²) in [6, 6.07) is 0.00415. The summed E-state index contributed by atoms with van der Waals surface area (Å²) in [7, 11) is 1.59. The van der Waals surface area contributed by atoms with Crippen molar-refractivity contribution in [2.24, 2.45) is 11.7 Å². The molecular formula is C12H21F3N2O. The molecule has 1 saturated carbocycles. The van der Waals surface area contributed by atoms with Gasteiger partial charge in [0.1, 0.15) is 0 Å². The van der Waals surface area contributed by atoms with Crippen molar-refractivity contribution < 1.29 is 18.0 Å². The number of halogens is 3. The number of alkyl halides is 3. The normalized spacial score (nSPS) is 24.9. The Bertz CT molecular complexity index is 281. The van der Waals surface area contributed by atoms with E-state index in [-0.39, 0.29) is 12.0 Å². The molecule has 0 aromatic carbocycles. The van der Waals surface area contributed by atoms with Gasteiger partial charge >= 0.3 is 6.18 Å². The summed E-state index contributed by atoms with van der Waals surface area (Å²) in [6.07, 6.45) is -1.88. The molecule has 2 N–H and O–H groups in total. The van der Waals surface area contributed by atoms with Crippen molar-refractivity contribution in [3.8, 4) is 0 Å². The van der Waals surface area contributed by atoms with Gasteiger partial charge in [0.2, 0.25) is 5.91 Å². The minimum absolute atomic E-state index is 0.00415. The Labute approximate surface area is 106 Å². The van der Waals surface area contributed by atoms with Crippen LogP contribution in [0.4, 0.5) is 13.2 Å². The monoisotopic (exact) mass is 266 g/mol. The van der Waals surface area contributed by atoms with Crippen LogP contribution in [0.2, 0.25) is 0 Å². The van der Waals surface area contributed by atoms with Crippen molar-refractivity contribution in [1.29, 1.82) is 0 Å². The molecule has 1 aliphatic carbocycles. The van der Waals surface area contributed by atoms with Gasteiger partial charge in [-0.1, -0.05) is 12.8 Å². The molecule has 0 bridgehead atoms. The third kappa shape index (κ3) is 4.48. The second-order valence-electron chi connectivity index (χ2n) is 4.97. The molecule has 2 atom stereocenters. The standard InChI is InChI=1S/C12H21F3N2O/c1-17(11(18)6-7-12(13,14)15)10-5-3-2-4-9(10)8-16/h9-10H,2-8,16H2,1H3. The van der Waals surface area contributed by atoms with Crippen LogP contribution < -0.4 is 5.73 Å². The number of hydrogen-bond acceptors (Lipinski definition) is 2. The number of carbonyl (C=O) groups is 1. The van der Waals surface area contributed by atoms with Crippen molar-refractivity contribution in [3.05, 3.63) is 0 Å². The minimum atomic E-state index is -4.27. The van der Waals surface area contributed by atoms with Gasteiger partial charge in [-0.25, -0.2) is 0 Å². The Morgan fingerprint density at radius 2 is 1.94 bits per heavy atom. The fourth-order valence-electron chi connectivity index (χ4n) is 2.58. The average Bonchev–Trinajstić information content (AvgIpc) is 2.34. The quantitative estimate of drug-likeness (QED) is 0.848. The molecule has 106 valence electrons. The highest BCUT2D eigenvalue weighted by molar-refractivity contribution is 5.76. The Kier molecular flexibility index (Phi) is 5.44. The summed E-state index contributed by atoms with van der Waals surface area (Å²) < 4.78 is 36.2. The van der Waals surface area contributed by atoms with Gasteiger partial charge in [0.05, 0.1) is 6.42 Å². The zero-order valence-corrected chi connectivity index (χ0v) is 10.7. The maximum Gasteiger partial charge on any atom is 0.389 e. The minimum Gasteiger partial charge on any atom is -0.342 e. The topological polar surface area (TPSA) is 46.3 Å².